The Morgan fingerprint density at radius 1 is 1.21 bits per heavy atom. The van der Waals surface area contributed by atoms with Crippen molar-refractivity contribution in [3.63, 3.8) is 0 Å². The van der Waals surface area contributed by atoms with Crippen LogP contribution in [0.3, 0.4) is 0 Å². The van der Waals surface area contributed by atoms with Gasteiger partial charge in [0, 0.05) is 24.7 Å². The van der Waals surface area contributed by atoms with E-state index in [-0.39, 0.29) is 17.6 Å². The molecule has 1 aromatic heterocycles. The minimum absolute atomic E-state index is 0.0598. The van der Waals surface area contributed by atoms with Gasteiger partial charge in [0.25, 0.3) is 5.91 Å². The molecular weight excluding hydrogens is 306 g/mol. The molecule has 1 aliphatic heterocycles. The van der Waals surface area contributed by atoms with Gasteiger partial charge in [-0.05, 0) is 49.2 Å². The molecular formula is C18H21N3O3. The normalized spacial score (nSPS) is 16.8. The van der Waals surface area contributed by atoms with Gasteiger partial charge in [0.15, 0.2) is 5.76 Å². The van der Waals surface area contributed by atoms with Gasteiger partial charge in [0.1, 0.15) is 0 Å². The van der Waals surface area contributed by atoms with E-state index in [2.05, 4.69) is 16.0 Å². The lowest BCUT2D eigenvalue weighted by molar-refractivity contribution is -0.121. The summed E-state index contributed by atoms with van der Waals surface area (Å²) in [5.41, 5.74) is 1.67. The predicted octanol–water partition coefficient (Wildman–Crippen LogP) is 2.29. The number of carbonyl (C=O) groups is 2. The summed E-state index contributed by atoms with van der Waals surface area (Å²) in [5, 5.41) is 9.00. The van der Waals surface area contributed by atoms with Gasteiger partial charge >= 0.3 is 0 Å². The fraction of sp³-hybridized carbons (Fsp3) is 0.333. The van der Waals surface area contributed by atoms with Gasteiger partial charge in [-0.2, -0.15) is 0 Å². The minimum Gasteiger partial charge on any atom is -0.459 e. The molecule has 0 saturated carbocycles. The number of carbonyl (C=O) groups excluding carboxylic acids is 2. The summed E-state index contributed by atoms with van der Waals surface area (Å²) in [6.45, 7) is 1.49. The highest BCUT2D eigenvalue weighted by atomic mass is 16.3. The number of anilines is 1. The van der Waals surface area contributed by atoms with Crippen LogP contribution in [0.5, 0.6) is 0 Å². The van der Waals surface area contributed by atoms with Crippen molar-refractivity contribution in [2.75, 3.05) is 11.9 Å². The Hall–Kier alpha value is -2.60. The van der Waals surface area contributed by atoms with Crippen LogP contribution in [0.1, 0.15) is 35.4 Å². The highest BCUT2D eigenvalue weighted by molar-refractivity contribution is 6.02. The minimum atomic E-state index is -0.287. The van der Waals surface area contributed by atoms with Crippen molar-refractivity contribution < 1.29 is 14.0 Å². The van der Waals surface area contributed by atoms with Gasteiger partial charge in [-0.25, -0.2) is 0 Å². The van der Waals surface area contributed by atoms with E-state index in [4.69, 9.17) is 4.42 Å². The summed E-state index contributed by atoms with van der Waals surface area (Å²) in [6.07, 6.45) is 4.19. The molecule has 3 rings (SSSR count). The maximum Gasteiger partial charge on any atom is 0.291 e. The summed E-state index contributed by atoms with van der Waals surface area (Å²) < 4.78 is 5.05. The number of nitrogens with one attached hydrogen (secondary N) is 3. The van der Waals surface area contributed by atoms with Crippen molar-refractivity contribution in [2.24, 2.45) is 0 Å². The van der Waals surface area contributed by atoms with Gasteiger partial charge in [0.2, 0.25) is 5.91 Å². The molecule has 3 N–H and O–H groups in total. The van der Waals surface area contributed by atoms with E-state index in [0.29, 0.717) is 24.7 Å². The monoisotopic (exact) mass is 327 g/mol. The molecule has 0 aliphatic carbocycles. The second kappa shape index (κ2) is 7.79. The van der Waals surface area contributed by atoms with Crippen molar-refractivity contribution in [3.05, 3.63) is 54.0 Å². The summed E-state index contributed by atoms with van der Waals surface area (Å²) in [7, 11) is 0. The highest BCUT2D eigenvalue weighted by Crippen LogP contribution is 2.12. The largest absolute Gasteiger partial charge is 0.459 e. The van der Waals surface area contributed by atoms with Crippen LogP contribution in [0.4, 0.5) is 5.69 Å². The first-order chi connectivity index (χ1) is 11.7. The molecule has 0 bridgehead atoms. The van der Waals surface area contributed by atoms with E-state index in [1.54, 1.807) is 24.3 Å². The summed E-state index contributed by atoms with van der Waals surface area (Å²) in [5.74, 6) is 0.0431. The molecule has 1 unspecified atom stereocenters. The lowest BCUT2D eigenvalue weighted by atomic mass is 10.1. The molecule has 2 aromatic rings. The third kappa shape index (κ3) is 4.45. The summed E-state index contributed by atoms with van der Waals surface area (Å²) in [4.78, 5) is 23.8. The standard InChI is InChI=1S/C18H21N3O3/c22-17(11-15-3-1-9-19-15)20-12-13-5-7-14(8-6-13)21-18(23)16-4-2-10-24-16/h2,4-8,10,15,19H,1,3,9,11-12H2,(H,20,22)(H,21,23). The molecule has 0 radical (unpaired) electrons. The van der Waals surface area contributed by atoms with Gasteiger partial charge in [-0.3, -0.25) is 9.59 Å². The van der Waals surface area contributed by atoms with Crippen LogP contribution in [-0.4, -0.2) is 24.4 Å². The predicted molar refractivity (Wildman–Crippen MR) is 90.6 cm³/mol. The smallest absolute Gasteiger partial charge is 0.291 e. The fourth-order valence-electron chi connectivity index (χ4n) is 2.73. The molecule has 1 fully saturated rings. The maximum atomic E-state index is 11.9. The first kappa shape index (κ1) is 16.3. The van der Waals surface area contributed by atoms with Crippen LogP contribution in [0, 0.1) is 0 Å². The van der Waals surface area contributed by atoms with Crippen molar-refractivity contribution in [3.8, 4) is 0 Å². The molecule has 2 heterocycles. The van der Waals surface area contributed by atoms with E-state index in [1.165, 1.54) is 6.26 Å². The first-order valence-corrected chi connectivity index (χ1v) is 8.14. The SMILES string of the molecule is O=C(CC1CCCN1)NCc1ccc(NC(=O)c2ccco2)cc1. The zero-order chi connectivity index (χ0) is 16.8. The molecule has 0 spiro atoms. The van der Waals surface area contributed by atoms with Crippen molar-refractivity contribution in [2.45, 2.75) is 31.8 Å². The molecule has 24 heavy (non-hydrogen) atoms. The third-order valence-corrected chi connectivity index (χ3v) is 4.04. The van der Waals surface area contributed by atoms with Crippen LogP contribution < -0.4 is 16.0 Å². The maximum absolute atomic E-state index is 11.9. The quantitative estimate of drug-likeness (QED) is 0.760. The average Bonchev–Trinajstić information content (AvgIpc) is 3.28. The second-order valence-corrected chi connectivity index (χ2v) is 5.90. The number of hydrogen-bond donors (Lipinski definition) is 3. The highest BCUT2D eigenvalue weighted by Gasteiger charge is 2.17. The van der Waals surface area contributed by atoms with E-state index in [1.807, 2.05) is 12.1 Å². The van der Waals surface area contributed by atoms with Gasteiger partial charge in [-0.1, -0.05) is 12.1 Å². The Labute approximate surface area is 140 Å². The van der Waals surface area contributed by atoms with Crippen LogP contribution in [-0.2, 0) is 11.3 Å². The lowest BCUT2D eigenvalue weighted by Gasteiger charge is -2.11. The topological polar surface area (TPSA) is 83.4 Å². The molecule has 1 saturated heterocycles. The van der Waals surface area contributed by atoms with Crippen LogP contribution in [0.2, 0.25) is 0 Å². The van der Waals surface area contributed by atoms with Crippen LogP contribution in [0.25, 0.3) is 0 Å². The van der Waals surface area contributed by atoms with Gasteiger partial charge in [-0.15, -0.1) is 0 Å². The molecule has 1 aliphatic rings. The Morgan fingerprint density at radius 2 is 2.04 bits per heavy atom. The molecule has 1 aromatic carbocycles. The van der Waals surface area contributed by atoms with Crippen LogP contribution >= 0.6 is 0 Å². The lowest BCUT2D eigenvalue weighted by Crippen LogP contribution is -2.31. The number of hydrogen-bond acceptors (Lipinski definition) is 4. The number of rotatable bonds is 6. The van der Waals surface area contributed by atoms with E-state index in [0.717, 1.165) is 24.9 Å². The zero-order valence-electron chi connectivity index (χ0n) is 13.4. The number of benzene rings is 1. The van der Waals surface area contributed by atoms with Crippen LogP contribution in [0.15, 0.2) is 47.1 Å². The third-order valence-electron chi connectivity index (χ3n) is 4.04. The Morgan fingerprint density at radius 3 is 2.71 bits per heavy atom. The average molecular weight is 327 g/mol. The number of amides is 2. The van der Waals surface area contributed by atoms with E-state index < -0.39 is 0 Å². The Balaban J connectivity index is 1.45. The van der Waals surface area contributed by atoms with E-state index >= 15 is 0 Å². The molecule has 1 atom stereocenters. The Bertz CT molecular complexity index is 674. The van der Waals surface area contributed by atoms with Crippen molar-refractivity contribution in [1.82, 2.24) is 10.6 Å². The van der Waals surface area contributed by atoms with Crippen molar-refractivity contribution in [1.29, 1.82) is 0 Å². The van der Waals surface area contributed by atoms with Gasteiger partial charge in [0.05, 0.1) is 6.26 Å². The fourth-order valence-corrected chi connectivity index (χ4v) is 2.73. The molecule has 6 nitrogen and oxygen atoms in total. The Kier molecular flexibility index (Phi) is 5.28. The molecule has 6 heteroatoms. The van der Waals surface area contributed by atoms with Gasteiger partial charge < -0.3 is 20.4 Å². The molecule has 126 valence electrons. The van der Waals surface area contributed by atoms with E-state index in [9.17, 15) is 9.59 Å². The summed E-state index contributed by atoms with van der Waals surface area (Å²) >= 11 is 0. The summed E-state index contributed by atoms with van der Waals surface area (Å²) in [6, 6.07) is 11.0. The first-order valence-electron chi connectivity index (χ1n) is 8.14. The number of furan rings is 1. The second-order valence-electron chi connectivity index (χ2n) is 5.90. The zero-order valence-corrected chi connectivity index (χ0v) is 13.4. The van der Waals surface area contributed by atoms with Crippen molar-refractivity contribution >= 4 is 17.5 Å². The molecule has 2 amide bonds.